The molecular weight excluding hydrogens is 885 g/mol. The van der Waals surface area contributed by atoms with Gasteiger partial charge in [-0.3, -0.25) is 38.9 Å². The van der Waals surface area contributed by atoms with Crippen molar-refractivity contribution in [1.29, 1.82) is 0 Å². The summed E-state index contributed by atoms with van der Waals surface area (Å²) in [5.74, 6) is -7.83. The molecule has 0 aliphatic carbocycles. The Morgan fingerprint density at radius 2 is 1.43 bits per heavy atom. The Balaban J connectivity index is 1.87. The van der Waals surface area contributed by atoms with E-state index in [-0.39, 0.29) is 56.8 Å². The first-order valence-corrected chi connectivity index (χ1v) is 22.5. The summed E-state index contributed by atoms with van der Waals surface area (Å²) in [6.45, 7) is 1.89. The van der Waals surface area contributed by atoms with E-state index < -0.39 is 146 Å². The molecule has 18 N–H and O–H groups in total. The van der Waals surface area contributed by atoms with Gasteiger partial charge in [-0.1, -0.05) is 31.9 Å². The number of carbonyl (C=O) groups excluding carboxylic acids is 7. The zero-order valence-electron chi connectivity index (χ0n) is 37.6. The standard InChI is InChI=1S/C42H68N10O15/c1-3-4-5-6-29(59)46-24-18-28(58)36(45-15-14-44)50-40(65)33-27(57)12-16-51(33)42(67)31(26(56)11-13-43)48-39(64)32(35(61)34(60)21-7-9-22(54)10-8-21)49-38(63)25-17-23(55)19-52(25)41(66)30(20(2)53)47-37(24)62/h7-10,20,23-28,30-36,45,53-58,60-61H,3-6,11-19,43-44H2,1-2H3,(H,46,59)(H,47,62)(H,48,64)(H,49,63)(H,50,65)/t20-,23-,24+,25+,26-,27+,28-,30+,31+,32+,33+,34+,35+,36+/m1/s1. The molecule has 0 saturated carbocycles. The number of aliphatic hydroxyl groups is 7. The van der Waals surface area contributed by atoms with Crippen LogP contribution in [0.1, 0.15) is 76.9 Å². The van der Waals surface area contributed by atoms with Gasteiger partial charge in [0.2, 0.25) is 41.4 Å². The number of rotatable bonds is 15. The molecule has 3 heterocycles. The normalized spacial score (nSPS) is 30.1. The molecule has 0 spiro atoms. The Kier molecular flexibility index (Phi) is 20.6. The lowest BCUT2D eigenvalue weighted by molar-refractivity contribution is -0.148. The lowest BCUT2D eigenvalue weighted by atomic mass is 9.96. The highest BCUT2D eigenvalue weighted by Crippen LogP contribution is 2.26. The summed E-state index contributed by atoms with van der Waals surface area (Å²) >= 11 is 0. The van der Waals surface area contributed by atoms with Crippen molar-refractivity contribution in [1.82, 2.24) is 41.7 Å². The number of hydrogen-bond acceptors (Lipinski definition) is 18. The third-order valence-electron chi connectivity index (χ3n) is 12.0. The van der Waals surface area contributed by atoms with Crippen LogP contribution in [0.15, 0.2) is 24.3 Å². The Labute approximate surface area is 387 Å². The molecule has 3 saturated heterocycles. The van der Waals surface area contributed by atoms with Crippen molar-refractivity contribution < 1.29 is 74.4 Å². The number of aromatic hydroxyl groups is 1. The number of nitrogens with zero attached hydrogens (tertiary/aromatic N) is 2. The topological polar surface area (TPSA) is 412 Å². The molecule has 0 bridgehead atoms. The molecule has 0 unspecified atom stereocenters. The van der Waals surface area contributed by atoms with Crippen molar-refractivity contribution in [2.75, 3.05) is 32.7 Å². The monoisotopic (exact) mass is 952 g/mol. The van der Waals surface area contributed by atoms with Crippen molar-refractivity contribution in [3.63, 3.8) is 0 Å². The van der Waals surface area contributed by atoms with Gasteiger partial charge in [-0.05, 0) is 50.4 Å². The van der Waals surface area contributed by atoms with Crippen molar-refractivity contribution in [3.05, 3.63) is 29.8 Å². The smallest absolute Gasteiger partial charge is 0.248 e. The third kappa shape index (κ3) is 14.2. The molecule has 0 aromatic heterocycles. The summed E-state index contributed by atoms with van der Waals surface area (Å²) in [4.78, 5) is 101. The molecule has 1 aromatic rings. The number of unbranched alkanes of at least 4 members (excludes halogenated alkanes) is 2. The van der Waals surface area contributed by atoms with Crippen LogP contribution in [-0.4, -0.2) is 204 Å². The van der Waals surface area contributed by atoms with Gasteiger partial charge in [0.15, 0.2) is 0 Å². The highest BCUT2D eigenvalue weighted by atomic mass is 16.3. The van der Waals surface area contributed by atoms with Crippen LogP contribution in [0.3, 0.4) is 0 Å². The van der Waals surface area contributed by atoms with Gasteiger partial charge >= 0.3 is 0 Å². The fraction of sp³-hybridized carbons (Fsp3) is 0.690. The van der Waals surface area contributed by atoms with Crippen molar-refractivity contribution in [2.24, 2.45) is 11.5 Å². The van der Waals surface area contributed by atoms with E-state index in [1.165, 1.54) is 12.1 Å². The van der Waals surface area contributed by atoms with Crippen LogP contribution in [0.25, 0.3) is 0 Å². The number of nitrogens with two attached hydrogens (primary N) is 2. The molecule has 3 fully saturated rings. The summed E-state index contributed by atoms with van der Waals surface area (Å²) in [5.41, 5.74) is 11.4. The largest absolute Gasteiger partial charge is 0.508 e. The van der Waals surface area contributed by atoms with Gasteiger partial charge in [-0.25, -0.2) is 0 Å². The third-order valence-corrected chi connectivity index (χ3v) is 12.0. The van der Waals surface area contributed by atoms with E-state index in [0.717, 1.165) is 35.3 Å². The molecule has 376 valence electrons. The number of carbonyl (C=O) groups is 7. The van der Waals surface area contributed by atoms with E-state index in [0.29, 0.717) is 12.8 Å². The summed E-state index contributed by atoms with van der Waals surface area (Å²) < 4.78 is 0. The van der Waals surface area contributed by atoms with E-state index in [9.17, 15) is 74.4 Å². The van der Waals surface area contributed by atoms with Crippen molar-refractivity contribution in [2.45, 2.75) is 150 Å². The van der Waals surface area contributed by atoms with Crippen LogP contribution >= 0.6 is 0 Å². The number of benzene rings is 1. The van der Waals surface area contributed by atoms with Crippen LogP contribution in [-0.2, 0) is 33.6 Å². The van der Waals surface area contributed by atoms with Crippen LogP contribution in [0.5, 0.6) is 5.75 Å². The van der Waals surface area contributed by atoms with Gasteiger partial charge in [-0.15, -0.1) is 0 Å². The van der Waals surface area contributed by atoms with Gasteiger partial charge in [0.25, 0.3) is 0 Å². The lowest BCUT2D eigenvalue weighted by Gasteiger charge is -2.35. The molecule has 1 aromatic carbocycles. The van der Waals surface area contributed by atoms with Gasteiger partial charge in [0.1, 0.15) is 60.4 Å². The minimum atomic E-state index is -2.27. The molecular formula is C42H68N10O15. The molecule has 25 heteroatoms. The molecule has 0 radical (unpaired) electrons. The van der Waals surface area contributed by atoms with E-state index in [1.54, 1.807) is 0 Å². The maximum atomic E-state index is 14.5. The van der Waals surface area contributed by atoms with Crippen LogP contribution in [0.2, 0.25) is 0 Å². The number of nitrogens with one attached hydrogen (secondary N) is 6. The fourth-order valence-corrected chi connectivity index (χ4v) is 8.33. The Morgan fingerprint density at radius 3 is 2.06 bits per heavy atom. The predicted molar refractivity (Wildman–Crippen MR) is 234 cm³/mol. The number of phenols is 1. The molecule has 25 nitrogen and oxygen atoms in total. The highest BCUT2D eigenvalue weighted by molar-refractivity contribution is 5.98. The molecule has 14 atom stereocenters. The maximum absolute atomic E-state index is 14.5. The number of hydrogen-bond donors (Lipinski definition) is 16. The maximum Gasteiger partial charge on any atom is 0.248 e. The fourth-order valence-electron chi connectivity index (χ4n) is 8.33. The molecule has 4 rings (SSSR count). The quantitative estimate of drug-likeness (QED) is 0.0727. The second-order valence-corrected chi connectivity index (χ2v) is 17.2. The summed E-state index contributed by atoms with van der Waals surface area (Å²) in [7, 11) is 0. The zero-order valence-corrected chi connectivity index (χ0v) is 37.6. The Morgan fingerprint density at radius 1 is 0.791 bits per heavy atom. The summed E-state index contributed by atoms with van der Waals surface area (Å²) in [6, 6.07) is -6.39. The van der Waals surface area contributed by atoms with E-state index in [4.69, 9.17) is 11.5 Å². The molecule has 3 aliphatic rings. The van der Waals surface area contributed by atoms with Crippen molar-refractivity contribution in [3.8, 4) is 5.75 Å². The number of aliphatic hydroxyl groups excluding tert-OH is 7. The van der Waals surface area contributed by atoms with E-state index in [2.05, 4.69) is 31.9 Å². The predicted octanol–water partition coefficient (Wildman–Crippen LogP) is -6.92. The minimum absolute atomic E-state index is 0.0301. The van der Waals surface area contributed by atoms with Gasteiger partial charge in [-0.2, -0.15) is 0 Å². The number of phenolic OH excluding ortho intramolecular Hbond substituents is 1. The first-order valence-electron chi connectivity index (χ1n) is 22.5. The lowest BCUT2D eigenvalue weighted by Crippen LogP contribution is -2.65. The highest BCUT2D eigenvalue weighted by Gasteiger charge is 2.49. The first kappa shape index (κ1) is 54.5. The second kappa shape index (κ2) is 25.3. The molecule has 67 heavy (non-hydrogen) atoms. The summed E-state index contributed by atoms with van der Waals surface area (Å²) in [6.07, 6.45) is -13.7. The van der Waals surface area contributed by atoms with Gasteiger partial charge < -0.3 is 88.7 Å². The number of amides is 7. The van der Waals surface area contributed by atoms with Gasteiger partial charge in [0.05, 0.1) is 30.5 Å². The average molecular weight is 953 g/mol. The van der Waals surface area contributed by atoms with Gasteiger partial charge in [0, 0.05) is 45.4 Å². The minimum Gasteiger partial charge on any atom is -0.508 e. The average Bonchev–Trinajstić information content (AvgIpc) is 3.88. The molecule has 3 aliphatic heterocycles. The van der Waals surface area contributed by atoms with Crippen LogP contribution in [0, 0.1) is 0 Å². The first-order chi connectivity index (χ1) is 31.7. The van der Waals surface area contributed by atoms with Crippen molar-refractivity contribution >= 4 is 41.4 Å². The SMILES string of the molecule is CCCCCC(=O)N[C@H]1C[C@@H](O)[C@@H](NCCN)NC(=O)[C@@H]2[C@@H](O)CCN2C(=O)[C@H]([C@H](O)CCN)NC(=O)[C@H]([C@H](O)[C@@H](O)c2ccc(O)cc2)NC(=O)[C@@H]2C[C@@H](O)CN2C(=O)[C@H]([C@@H](C)O)NC1=O. The van der Waals surface area contributed by atoms with E-state index in [1.807, 2.05) is 6.92 Å². The second-order valence-electron chi connectivity index (χ2n) is 17.2. The number of fused-ring (bicyclic) bond motifs is 2. The molecule has 7 amide bonds. The van der Waals surface area contributed by atoms with Crippen LogP contribution < -0.4 is 43.4 Å². The van der Waals surface area contributed by atoms with E-state index >= 15 is 0 Å². The summed E-state index contributed by atoms with van der Waals surface area (Å²) in [5, 5.41) is 103. The Bertz CT molecular complexity index is 1860. The zero-order chi connectivity index (χ0) is 49.7. The Hall–Kier alpha value is -5.09. The van der Waals surface area contributed by atoms with Crippen LogP contribution in [0.4, 0.5) is 0 Å².